The zero-order valence-electron chi connectivity index (χ0n) is 18.7. The summed E-state index contributed by atoms with van der Waals surface area (Å²) in [5.41, 5.74) is -4.25. The molecule has 0 radical (unpaired) electrons. The van der Waals surface area contributed by atoms with Gasteiger partial charge in [0.05, 0.1) is 20.6 Å². The maximum absolute atomic E-state index is 13.5. The second-order valence-electron chi connectivity index (χ2n) is 7.79. The lowest BCUT2D eigenvalue weighted by atomic mass is 9.85. The number of hydrogen-bond donors (Lipinski definition) is 0. The molecule has 1 aliphatic rings. The number of fused-ring (bicyclic) bond motifs is 2. The van der Waals surface area contributed by atoms with Gasteiger partial charge in [-0.1, -0.05) is 36.4 Å². The highest BCUT2D eigenvalue weighted by Gasteiger charge is 2.50. The molecule has 0 fully saturated rings. The number of nitrogens with zero attached hydrogens (tertiary/aromatic N) is 2. The first-order chi connectivity index (χ1) is 17.8. The van der Waals surface area contributed by atoms with E-state index in [1.807, 2.05) is 6.07 Å². The Morgan fingerprint density at radius 2 is 1.47 bits per heavy atom. The van der Waals surface area contributed by atoms with Crippen LogP contribution in [0.3, 0.4) is 0 Å². The van der Waals surface area contributed by atoms with Crippen molar-refractivity contribution in [3.05, 3.63) is 86.3 Å². The van der Waals surface area contributed by atoms with Gasteiger partial charge >= 0.3 is 27.6 Å². The van der Waals surface area contributed by atoms with Crippen LogP contribution in [0.1, 0.15) is 22.6 Å². The molecule has 1 aliphatic heterocycles. The number of esters is 1. The van der Waals surface area contributed by atoms with Gasteiger partial charge in [-0.05, 0) is 67.3 Å². The van der Waals surface area contributed by atoms with E-state index in [1.54, 1.807) is 36.4 Å². The summed E-state index contributed by atoms with van der Waals surface area (Å²) in [6.45, 7) is -0.891. The number of para-hydroxylation sites is 2. The van der Waals surface area contributed by atoms with E-state index >= 15 is 0 Å². The number of hydrogen-bond acceptors (Lipinski definition) is 8. The molecule has 3 aromatic rings. The van der Waals surface area contributed by atoms with Gasteiger partial charge in [0, 0.05) is 11.4 Å². The lowest BCUT2D eigenvalue weighted by Crippen LogP contribution is -2.36. The fraction of sp³-hybridized carbons (Fsp3) is 0.125. The highest BCUT2D eigenvalue weighted by Crippen LogP contribution is 2.46. The zero-order chi connectivity index (χ0) is 27.8. The SMILES string of the molecule is N#Cc1cc(Br)c(OC(=O)C2c3ccccc3N(CC(=O)OS(=O)(=O)C(F)(F)F)c3ccccc32)c(Br)c1. The Morgan fingerprint density at radius 1 is 0.974 bits per heavy atom. The standard InChI is InChI=1S/C24H13Br2F3N2O6S/c25-16-9-13(11-30)10-17(26)22(16)36-23(33)21-14-5-1-3-7-18(14)31(19-8-4-2-6-15(19)21)12-20(32)37-38(34,35)24(27,28)29/h1-10,21H,12H2. The van der Waals surface area contributed by atoms with Crippen LogP contribution < -0.4 is 9.64 Å². The third-order valence-corrected chi connectivity index (χ3v) is 7.57. The summed E-state index contributed by atoms with van der Waals surface area (Å²) in [5.74, 6) is -3.30. The molecule has 38 heavy (non-hydrogen) atoms. The fourth-order valence-corrected chi connectivity index (χ4v) is 5.62. The van der Waals surface area contributed by atoms with Gasteiger partial charge < -0.3 is 13.8 Å². The molecule has 0 saturated heterocycles. The van der Waals surface area contributed by atoms with Crippen molar-refractivity contribution >= 4 is 65.3 Å². The molecular weight excluding hydrogens is 661 g/mol. The van der Waals surface area contributed by atoms with Crippen LogP contribution in [0.4, 0.5) is 24.5 Å². The molecule has 0 N–H and O–H groups in total. The molecule has 3 aromatic carbocycles. The quantitative estimate of drug-likeness (QED) is 0.148. The Kier molecular flexibility index (Phi) is 7.55. The van der Waals surface area contributed by atoms with Crippen LogP contribution in [0, 0.1) is 11.3 Å². The van der Waals surface area contributed by atoms with E-state index in [1.165, 1.54) is 29.2 Å². The Morgan fingerprint density at radius 3 is 1.95 bits per heavy atom. The topological polar surface area (TPSA) is 114 Å². The molecule has 0 atom stereocenters. The van der Waals surface area contributed by atoms with Crippen LogP contribution in [-0.2, 0) is 23.9 Å². The van der Waals surface area contributed by atoms with Crippen LogP contribution in [0.25, 0.3) is 0 Å². The smallest absolute Gasteiger partial charge is 0.423 e. The van der Waals surface area contributed by atoms with Gasteiger partial charge in [-0.3, -0.25) is 4.79 Å². The molecular formula is C24H13Br2F3N2O6S. The molecule has 8 nitrogen and oxygen atoms in total. The Labute approximate surface area is 230 Å². The Hall–Kier alpha value is -3.41. The summed E-state index contributed by atoms with van der Waals surface area (Å²) in [7, 11) is -6.15. The second kappa shape index (κ2) is 10.4. The number of halogens is 5. The van der Waals surface area contributed by atoms with Crippen LogP contribution >= 0.6 is 31.9 Å². The van der Waals surface area contributed by atoms with Gasteiger partial charge in [-0.2, -0.15) is 26.9 Å². The van der Waals surface area contributed by atoms with Crippen molar-refractivity contribution in [3.8, 4) is 11.8 Å². The van der Waals surface area contributed by atoms with E-state index in [4.69, 9.17) is 10.00 Å². The lowest BCUT2D eigenvalue weighted by molar-refractivity contribution is -0.135. The highest BCUT2D eigenvalue weighted by atomic mass is 79.9. The van der Waals surface area contributed by atoms with Gasteiger partial charge in [0.15, 0.2) is 5.75 Å². The number of ether oxygens (including phenoxy) is 1. The summed E-state index contributed by atoms with van der Waals surface area (Å²) >= 11 is 6.56. The number of carbonyl (C=O) groups excluding carboxylic acids is 2. The number of carbonyl (C=O) groups is 2. The van der Waals surface area contributed by atoms with Crippen LogP contribution in [0.15, 0.2) is 69.6 Å². The maximum atomic E-state index is 13.5. The fourth-order valence-electron chi connectivity index (χ4n) is 3.88. The predicted molar refractivity (Wildman–Crippen MR) is 135 cm³/mol. The maximum Gasteiger partial charge on any atom is 0.534 e. The van der Waals surface area contributed by atoms with Gasteiger partial charge in [0.1, 0.15) is 12.5 Å². The molecule has 4 rings (SSSR count). The minimum absolute atomic E-state index is 0.118. The monoisotopic (exact) mass is 672 g/mol. The first kappa shape index (κ1) is 27.6. The molecule has 0 spiro atoms. The Balaban J connectivity index is 1.73. The van der Waals surface area contributed by atoms with E-state index < -0.39 is 40.0 Å². The molecule has 196 valence electrons. The van der Waals surface area contributed by atoms with E-state index in [2.05, 4.69) is 36.0 Å². The molecule has 0 bridgehead atoms. The number of alkyl halides is 3. The van der Waals surface area contributed by atoms with Crippen LogP contribution in [0.2, 0.25) is 0 Å². The van der Waals surface area contributed by atoms with E-state index in [-0.39, 0.29) is 17.1 Å². The minimum Gasteiger partial charge on any atom is -0.423 e. The predicted octanol–water partition coefficient (Wildman–Crippen LogP) is 5.67. The lowest BCUT2D eigenvalue weighted by Gasteiger charge is -2.36. The largest absolute Gasteiger partial charge is 0.534 e. The molecule has 0 unspecified atom stereocenters. The van der Waals surface area contributed by atoms with Crippen molar-refractivity contribution in [2.45, 2.75) is 11.4 Å². The van der Waals surface area contributed by atoms with Gasteiger partial charge in [0.2, 0.25) is 0 Å². The third-order valence-electron chi connectivity index (χ3n) is 5.42. The van der Waals surface area contributed by atoms with Crippen molar-refractivity contribution in [3.63, 3.8) is 0 Å². The highest BCUT2D eigenvalue weighted by molar-refractivity contribution is 9.11. The van der Waals surface area contributed by atoms with Gasteiger partial charge in [0.25, 0.3) is 0 Å². The molecule has 14 heteroatoms. The Bertz CT molecular complexity index is 1530. The molecule has 1 heterocycles. The molecule has 0 aromatic heterocycles. The van der Waals surface area contributed by atoms with E-state index in [0.717, 1.165) is 0 Å². The molecule has 0 saturated carbocycles. The van der Waals surface area contributed by atoms with Crippen molar-refractivity contribution in [1.29, 1.82) is 5.26 Å². The average molecular weight is 674 g/mol. The van der Waals surface area contributed by atoms with Crippen molar-refractivity contribution in [2.75, 3.05) is 11.4 Å². The number of rotatable bonds is 5. The van der Waals surface area contributed by atoms with Crippen LogP contribution in [0.5, 0.6) is 5.75 Å². The average Bonchev–Trinajstić information content (AvgIpc) is 2.84. The van der Waals surface area contributed by atoms with Crippen LogP contribution in [-0.4, -0.2) is 32.4 Å². The van der Waals surface area contributed by atoms with E-state index in [0.29, 0.717) is 25.6 Å². The first-order valence-electron chi connectivity index (χ1n) is 10.4. The number of nitriles is 1. The summed E-state index contributed by atoms with van der Waals surface area (Å²) in [4.78, 5) is 27.1. The normalized spacial score (nSPS) is 13.2. The first-order valence-corrected chi connectivity index (χ1v) is 13.4. The van der Waals surface area contributed by atoms with E-state index in [9.17, 15) is 31.2 Å². The second-order valence-corrected chi connectivity index (χ2v) is 11.0. The zero-order valence-corrected chi connectivity index (χ0v) is 22.7. The van der Waals surface area contributed by atoms with Crippen molar-refractivity contribution in [1.82, 2.24) is 0 Å². The van der Waals surface area contributed by atoms with Gasteiger partial charge in [-0.25, -0.2) is 4.79 Å². The summed E-state index contributed by atoms with van der Waals surface area (Å²) < 4.78 is 71.0. The third kappa shape index (κ3) is 5.27. The van der Waals surface area contributed by atoms with Crippen molar-refractivity contribution < 1.29 is 40.1 Å². The summed E-state index contributed by atoms with van der Waals surface area (Å²) in [6.07, 6.45) is 0. The minimum atomic E-state index is -6.15. The number of anilines is 2. The molecule has 0 amide bonds. The summed E-state index contributed by atoms with van der Waals surface area (Å²) in [5, 5.41) is 9.14. The number of benzene rings is 3. The summed E-state index contributed by atoms with van der Waals surface area (Å²) in [6, 6.07) is 17.5. The van der Waals surface area contributed by atoms with Crippen molar-refractivity contribution in [2.24, 2.45) is 0 Å². The van der Waals surface area contributed by atoms with Gasteiger partial charge in [-0.15, -0.1) is 0 Å². The molecule has 0 aliphatic carbocycles.